The molecule has 0 aliphatic carbocycles. The summed E-state index contributed by atoms with van der Waals surface area (Å²) in [6.45, 7) is 0. The van der Waals surface area contributed by atoms with Gasteiger partial charge in [0.1, 0.15) is 0 Å². The van der Waals surface area contributed by atoms with Gasteiger partial charge in [-0.2, -0.15) is 0 Å². The SMILES string of the molecule is O=S(=O)([O-])[O-].[NH4+].[Si+]. The van der Waals surface area contributed by atoms with E-state index >= 15 is 0 Å². The molecule has 0 heterocycles. The molecule has 3 radical (unpaired) electrons. The van der Waals surface area contributed by atoms with Crippen LogP contribution in [-0.2, 0) is 10.4 Å². The smallest absolute Gasteiger partial charge is 0.759 e. The first-order valence-corrected chi connectivity index (χ1v) is 2.00. The molecule has 0 unspecified atom stereocenters. The second kappa shape index (κ2) is 4.21. The lowest BCUT2D eigenvalue weighted by atomic mass is 14.0. The fourth-order valence-corrected chi connectivity index (χ4v) is 0. The molecule has 0 saturated heterocycles. The van der Waals surface area contributed by atoms with Crippen molar-refractivity contribution >= 4 is 21.4 Å². The second-order valence-corrected chi connectivity index (χ2v) is 1.22. The highest BCUT2D eigenvalue weighted by Gasteiger charge is 1.49. The fraction of sp³-hybridized carbons (Fsp3) is 0. The molecule has 0 atom stereocenters. The van der Waals surface area contributed by atoms with Gasteiger partial charge in [-0.3, -0.25) is 8.42 Å². The first-order chi connectivity index (χ1) is 2.00. The molecule has 43 valence electrons. The Kier molecular flexibility index (Phi) is 9.47. The molecule has 0 amide bonds. The summed E-state index contributed by atoms with van der Waals surface area (Å²) in [5.41, 5.74) is 0. The number of hydrogen-bond donors (Lipinski definition) is 1. The van der Waals surface area contributed by atoms with Crippen molar-refractivity contribution in [1.29, 1.82) is 0 Å². The summed E-state index contributed by atoms with van der Waals surface area (Å²) >= 11 is 0. The van der Waals surface area contributed by atoms with Gasteiger partial charge in [-0.1, -0.05) is 0 Å². The molecular formula is H4NO4SSi. The average Bonchev–Trinajstić information content (AvgIpc) is 0.722. The summed E-state index contributed by atoms with van der Waals surface area (Å²) < 4.78 is 34.1. The van der Waals surface area contributed by atoms with E-state index in [1.165, 1.54) is 0 Å². The van der Waals surface area contributed by atoms with Crippen molar-refractivity contribution in [2.45, 2.75) is 0 Å². The van der Waals surface area contributed by atoms with Gasteiger partial charge in [0.25, 0.3) is 0 Å². The molecule has 5 nitrogen and oxygen atoms in total. The van der Waals surface area contributed by atoms with E-state index in [1.54, 1.807) is 0 Å². The lowest BCUT2D eigenvalue weighted by molar-refractivity contribution is 0.352. The summed E-state index contributed by atoms with van der Waals surface area (Å²) in [5.74, 6) is 0. The van der Waals surface area contributed by atoms with E-state index in [4.69, 9.17) is 17.5 Å². The van der Waals surface area contributed by atoms with Crippen molar-refractivity contribution in [3.63, 3.8) is 0 Å². The molecule has 7 heavy (non-hydrogen) atoms. The highest BCUT2D eigenvalue weighted by Crippen LogP contribution is 1.57. The third kappa shape index (κ3) is 45100. The van der Waals surface area contributed by atoms with Crippen molar-refractivity contribution in [3.8, 4) is 0 Å². The summed E-state index contributed by atoms with van der Waals surface area (Å²) in [5, 5.41) is 0. The fourth-order valence-electron chi connectivity index (χ4n) is 0. The molecule has 0 fully saturated rings. The number of hydrogen-bond acceptors (Lipinski definition) is 4. The van der Waals surface area contributed by atoms with Crippen molar-refractivity contribution < 1.29 is 17.5 Å². The van der Waals surface area contributed by atoms with Gasteiger partial charge in [0.05, 0.1) is 0 Å². The topological polar surface area (TPSA) is 117 Å². The molecule has 7 heteroatoms. The van der Waals surface area contributed by atoms with Gasteiger partial charge in [0.2, 0.25) is 0 Å². The first kappa shape index (κ1) is 15.7. The Balaban J connectivity index is -0.0000000800. The second-order valence-electron chi connectivity index (χ2n) is 0.408. The van der Waals surface area contributed by atoms with Crippen LogP contribution in [0.1, 0.15) is 0 Å². The molecule has 0 aliphatic heterocycles. The number of quaternary nitrogens is 1. The lowest BCUT2D eigenvalue weighted by Gasteiger charge is -2.06. The molecule has 0 aromatic heterocycles. The zero-order valence-corrected chi connectivity index (χ0v) is 5.36. The van der Waals surface area contributed by atoms with E-state index in [2.05, 4.69) is 0 Å². The van der Waals surface area contributed by atoms with Crippen molar-refractivity contribution in [1.82, 2.24) is 6.15 Å². The average molecular weight is 142 g/mol. The van der Waals surface area contributed by atoms with Gasteiger partial charge in [0.15, 0.2) is 0 Å². The van der Waals surface area contributed by atoms with Gasteiger partial charge in [-0.25, -0.2) is 0 Å². The molecule has 0 aromatic rings. The van der Waals surface area contributed by atoms with Crippen LogP contribution in [0.25, 0.3) is 0 Å². The molecule has 0 rings (SSSR count). The minimum Gasteiger partial charge on any atom is -0.759 e. The maximum absolute atomic E-state index is 8.52. The van der Waals surface area contributed by atoms with E-state index in [0.717, 1.165) is 0 Å². The summed E-state index contributed by atoms with van der Waals surface area (Å²) in [6, 6.07) is 0. The third-order valence-electron chi connectivity index (χ3n) is 0. The molecule has 4 N–H and O–H groups in total. The van der Waals surface area contributed by atoms with Crippen LogP contribution in [0, 0.1) is 0 Å². The van der Waals surface area contributed by atoms with E-state index in [0.29, 0.717) is 0 Å². The zero-order valence-electron chi connectivity index (χ0n) is 3.54. The van der Waals surface area contributed by atoms with Crippen LogP contribution in [0.5, 0.6) is 0 Å². The van der Waals surface area contributed by atoms with Crippen LogP contribution in [-0.4, -0.2) is 28.5 Å². The van der Waals surface area contributed by atoms with Crippen molar-refractivity contribution in [2.24, 2.45) is 0 Å². The van der Waals surface area contributed by atoms with Crippen molar-refractivity contribution in [3.05, 3.63) is 0 Å². The van der Waals surface area contributed by atoms with Crippen LogP contribution < -0.4 is 6.15 Å². The molecule has 0 bridgehead atoms. The predicted octanol–water partition coefficient (Wildman–Crippen LogP) is -1.34. The zero-order chi connectivity index (χ0) is 4.50. The van der Waals surface area contributed by atoms with E-state index in [9.17, 15) is 0 Å². The van der Waals surface area contributed by atoms with Crippen LogP contribution in [0.3, 0.4) is 0 Å². The monoisotopic (exact) mass is 142 g/mol. The standard InChI is InChI=1S/H3N.H2O4S.Si/c;1-5(2,3)4;/h1H3;(H2,1,2,3,4);/q;;+1/p-1. The molecule has 0 saturated carbocycles. The largest absolute Gasteiger partial charge is 1.00 e. The molecule has 0 aromatic carbocycles. The van der Waals surface area contributed by atoms with Crippen LogP contribution in [0.2, 0.25) is 0 Å². The maximum Gasteiger partial charge on any atom is 1.00 e. The van der Waals surface area contributed by atoms with Gasteiger partial charge in [-0.15, -0.1) is 0 Å². The van der Waals surface area contributed by atoms with E-state index < -0.39 is 10.4 Å². The summed E-state index contributed by atoms with van der Waals surface area (Å²) in [4.78, 5) is 0. The van der Waals surface area contributed by atoms with E-state index in [-0.39, 0.29) is 17.1 Å². The Morgan fingerprint density at radius 1 is 1.14 bits per heavy atom. The Morgan fingerprint density at radius 2 is 1.14 bits per heavy atom. The quantitative estimate of drug-likeness (QED) is 0.256. The minimum atomic E-state index is -5.17. The van der Waals surface area contributed by atoms with E-state index in [1.807, 2.05) is 0 Å². The van der Waals surface area contributed by atoms with Crippen LogP contribution in [0.15, 0.2) is 0 Å². The van der Waals surface area contributed by atoms with Gasteiger partial charge in [0, 0.05) is 10.4 Å². The maximum atomic E-state index is 8.52. The van der Waals surface area contributed by atoms with Crippen molar-refractivity contribution in [2.75, 3.05) is 0 Å². The first-order valence-electron chi connectivity index (χ1n) is 0.667. The third-order valence-corrected chi connectivity index (χ3v) is 0. The Labute approximate surface area is 45.9 Å². The lowest BCUT2D eigenvalue weighted by Crippen LogP contribution is -1.91. The Hall–Kier alpha value is 0.0469. The van der Waals surface area contributed by atoms with Gasteiger partial charge >= 0.3 is 11.0 Å². The summed E-state index contributed by atoms with van der Waals surface area (Å²) in [6.07, 6.45) is 0. The molecule has 0 aliphatic rings. The normalized spacial score (nSPS) is 8.29. The van der Waals surface area contributed by atoms with Crippen LogP contribution >= 0.6 is 0 Å². The summed E-state index contributed by atoms with van der Waals surface area (Å²) in [7, 11) is -5.17. The predicted molar refractivity (Wildman–Crippen MR) is 22.2 cm³/mol. The van der Waals surface area contributed by atoms with Crippen LogP contribution in [0.4, 0.5) is 0 Å². The highest BCUT2D eigenvalue weighted by atomic mass is 32.3. The Morgan fingerprint density at radius 3 is 1.14 bits per heavy atom. The Bertz CT molecular complexity index is 94.9. The molecular weight excluding hydrogens is 138 g/mol. The number of rotatable bonds is 0. The molecule has 0 spiro atoms. The minimum absolute atomic E-state index is 0. The van der Waals surface area contributed by atoms with Gasteiger partial charge in [-0.05, 0) is 0 Å². The highest BCUT2D eigenvalue weighted by molar-refractivity contribution is 7.79. The van der Waals surface area contributed by atoms with Gasteiger partial charge < -0.3 is 15.3 Å².